The van der Waals surface area contributed by atoms with Crippen LogP contribution in [-0.4, -0.2) is 39.7 Å². The predicted octanol–water partition coefficient (Wildman–Crippen LogP) is 2.81. The Balaban J connectivity index is 1.81. The van der Waals surface area contributed by atoms with E-state index in [0.29, 0.717) is 25.9 Å². The lowest BCUT2D eigenvalue weighted by molar-refractivity contribution is 0.0546. The highest BCUT2D eigenvalue weighted by molar-refractivity contribution is 7.09. The van der Waals surface area contributed by atoms with Crippen molar-refractivity contribution in [1.82, 2.24) is 9.47 Å². The highest BCUT2D eigenvalue weighted by atomic mass is 32.1. The second-order valence-electron chi connectivity index (χ2n) is 5.97. The zero-order valence-electron chi connectivity index (χ0n) is 13.1. The van der Waals surface area contributed by atoms with Crippen LogP contribution < -0.4 is 0 Å². The van der Waals surface area contributed by atoms with Crippen molar-refractivity contribution in [2.45, 2.75) is 39.3 Å². The van der Waals surface area contributed by atoms with Gasteiger partial charge in [-0.25, -0.2) is 0 Å². The van der Waals surface area contributed by atoms with Gasteiger partial charge in [0.2, 0.25) is 0 Å². The molecule has 0 spiro atoms. The molecule has 1 aliphatic heterocycles. The van der Waals surface area contributed by atoms with Crippen molar-refractivity contribution in [2.24, 2.45) is 0 Å². The van der Waals surface area contributed by atoms with E-state index in [2.05, 4.69) is 29.0 Å². The van der Waals surface area contributed by atoms with E-state index < -0.39 is 0 Å². The Bertz CT molecular complexity index is 653. The zero-order chi connectivity index (χ0) is 15.7. The Morgan fingerprint density at radius 1 is 1.36 bits per heavy atom. The summed E-state index contributed by atoms with van der Waals surface area (Å²) in [6, 6.07) is 6.17. The molecule has 0 atom stereocenters. The largest absolute Gasteiger partial charge is 0.393 e. The van der Waals surface area contributed by atoms with Gasteiger partial charge in [0.05, 0.1) is 18.2 Å². The number of carbonyl (C=O) groups is 1. The predicted molar refractivity (Wildman–Crippen MR) is 88.5 cm³/mol. The van der Waals surface area contributed by atoms with Gasteiger partial charge in [-0.3, -0.25) is 4.79 Å². The number of aliphatic hydroxyl groups is 1. The number of nitrogens with zero attached hydrogens (tertiary/aromatic N) is 2. The van der Waals surface area contributed by atoms with Crippen molar-refractivity contribution in [3.63, 3.8) is 0 Å². The first kappa shape index (κ1) is 15.3. The van der Waals surface area contributed by atoms with Crippen LogP contribution in [0.15, 0.2) is 23.6 Å². The molecule has 4 nitrogen and oxygen atoms in total. The molecule has 2 aromatic rings. The van der Waals surface area contributed by atoms with E-state index in [9.17, 15) is 9.90 Å². The summed E-state index contributed by atoms with van der Waals surface area (Å²) < 4.78 is 2.21. The van der Waals surface area contributed by atoms with E-state index in [4.69, 9.17) is 0 Å². The molecule has 118 valence electrons. The maximum Gasteiger partial charge on any atom is 0.255 e. The minimum absolute atomic E-state index is 0.0948. The van der Waals surface area contributed by atoms with Gasteiger partial charge in [0.25, 0.3) is 5.91 Å². The smallest absolute Gasteiger partial charge is 0.255 e. The molecule has 1 amide bonds. The molecule has 2 aromatic heterocycles. The molecule has 22 heavy (non-hydrogen) atoms. The van der Waals surface area contributed by atoms with E-state index in [1.165, 1.54) is 4.88 Å². The number of rotatable bonds is 3. The van der Waals surface area contributed by atoms with Crippen LogP contribution in [0.2, 0.25) is 0 Å². The molecule has 0 unspecified atom stereocenters. The standard InChI is InChI=1S/C17H22N2O2S/c1-12-10-16(17(21)18-7-5-14(20)6-8-18)13(2)19(12)11-15-4-3-9-22-15/h3-4,9-10,14,20H,5-8,11H2,1-2H3. The number of piperidine rings is 1. The average Bonchev–Trinajstić information content (AvgIpc) is 3.11. The number of aryl methyl sites for hydroxylation is 1. The molecule has 3 heterocycles. The molecule has 0 bridgehead atoms. The number of aromatic nitrogens is 1. The van der Waals surface area contributed by atoms with E-state index in [1.807, 2.05) is 17.9 Å². The first-order chi connectivity index (χ1) is 10.6. The van der Waals surface area contributed by atoms with E-state index in [0.717, 1.165) is 23.5 Å². The van der Waals surface area contributed by atoms with Crippen molar-refractivity contribution < 1.29 is 9.90 Å². The molecular formula is C17H22N2O2S. The molecule has 0 radical (unpaired) electrons. The second kappa shape index (κ2) is 6.26. The molecule has 5 heteroatoms. The van der Waals surface area contributed by atoms with Crippen LogP contribution in [0.1, 0.15) is 39.5 Å². The van der Waals surface area contributed by atoms with Crippen molar-refractivity contribution in [1.29, 1.82) is 0 Å². The highest BCUT2D eigenvalue weighted by Crippen LogP contribution is 2.22. The van der Waals surface area contributed by atoms with Gasteiger partial charge in [0, 0.05) is 29.4 Å². The van der Waals surface area contributed by atoms with Crippen molar-refractivity contribution >= 4 is 17.2 Å². The van der Waals surface area contributed by atoms with E-state index in [1.54, 1.807) is 11.3 Å². The van der Waals surface area contributed by atoms with Crippen LogP contribution in [-0.2, 0) is 6.54 Å². The lowest BCUT2D eigenvalue weighted by atomic mass is 10.1. The zero-order valence-corrected chi connectivity index (χ0v) is 13.9. The molecule has 1 saturated heterocycles. The van der Waals surface area contributed by atoms with Gasteiger partial charge in [-0.05, 0) is 44.2 Å². The fraction of sp³-hybridized carbons (Fsp3) is 0.471. The topological polar surface area (TPSA) is 45.5 Å². The Morgan fingerprint density at radius 3 is 2.73 bits per heavy atom. The minimum atomic E-state index is -0.254. The quantitative estimate of drug-likeness (QED) is 0.946. The lowest BCUT2D eigenvalue weighted by Gasteiger charge is -2.29. The summed E-state index contributed by atoms with van der Waals surface area (Å²) >= 11 is 1.74. The molecule has 1 fully saturated rings. The fourth-order valence-electron chi connectivity index (χ4n) is 3.06. The Morgan fingerprint density at radius 2 is 2.09 bits per heavy atom. The Hall–Kier alpha value is -1.59. The number of amides is 1. The van der Waals surface area contributed by atoms with E-state index >= 15 is 0 Å². The van der Waals surface area contributed by atoms with Crippen LogP contribution in [0.5, 0.6) is 0 Å². The highest BCUT2D eigenvalue weighted by Gasteiger charge is 2.25. The third kappa shape index (κ3) is 2.96. The number of thiophene rings is 1. The number of likely N-dealkylation sites (tertiary alicyclic amines) is 1. The fourth-order valence-corrected chi connectivity index (χ4v) is 3.75. The van der Waals surface area contributed by atoms with Gasteiger partial charge >= 0.3 is 0 Å². The lowest BCUT2D eigenvalue weighted by Crippen LogP contribution is -2.40. The summed E-state index contributed by atoms with van der Waals surface area (Å²) in [4.78, 5) is 15.9. The van der Waals surface area contributed by atoms with Gasteiger partial charge in [-0.15, -0.1) is 11.3 Å². The summed E-state index contributed by atoms with van der Waals surface area (Å²) in [7, 11) is 0. The number of hydrogen-bond donors (Lipinski definition) is 1. The maximum atomic E-state index is 12.7. The van der Waals surface area contributed by atoms with Crippen LogP contribution >= 0.6 is 11.3 Å². The van der Waals surface area contributed by atoms with Gasteiger partial charge < -0.3 is 14.6 Å². The summed E-state index contributed by atoms with van der Waals surface area (Å²) in [5.41, 5.74) is 2.94. The molecule has 0 aromatic carbocycles. The Labute approximate surface area is 135 Å². The van der Waals surface area contributed by atoms with E-state index in [-0.39, 0.29) is 12.0 Å². The summed E-state index contributed by atoms with van der Waals surface area (Å²) in [6.45, 7) is 6.19. The summed E-state index contributed by atoms with van der Waals surface area (Å²) in [5, 5.41) is 11.7. The monoisotopic (exact) mass is 318 g/mol. The molecule has 1 aliphatic rings. The molecule has 1 N–H and O–H groups in total. The normalized spacial score (nSPS) is 16.2. The van der Waals surface area contributed by atoms with Crippen LogP contribution in [0.4, 0.5) is 0 Å². The van der Waals surface area contributed by atoms with Crippen molar-refractivity contribution in [2.75, 3.05) is 13.1 Å². The van der Waals surface area contributed by atoms with Gasteiger partial charge in [0.15, 0.2) is 0 Å². The van der Waals surface area contributed by atoms with Crippen LogP contribution in [0.25, 0.3) is 0 Å². The number of hydrogen-bond acceptors (Lipinski definition) is 3. The van der Waals surface area contributed by atoms with Gasteiger partial charge in [-0.2, -0.15) is 0 Å². The molecule has 3 rings (SSSR count). The third-order valence-electron chi connectivity index (χ3n) is 4.45. The maximum absolute atomic E-state index is 12.7. The summed E-state index contributed by atoms with van der Waals surface area (Å²) in [6.07, 6.45) is 1.11. The number of aliphatic hydroxyl groups excluding tert-OH is 1. The van der Waals surface area contributed by atoms with Gasteiger partial charge in [0.1, 0.15) is 0 Å². The average molecular weight is 318 g/mol. The third-order valence-corrected chi connectivity index (χ3v) is 5.31. The SMILES string of the molecule is Cc1cc(C(=O)N2CCC(O)CC2)c(C)n1Cc1cccs1. The first-order valence-corrected chi connectivity index (χ1v) is 8.60. The molecule has 0 aliphatic carbocycles. The van der Waals surface area contributed by atoms with Crippen molar-refractivity contribution in [3.8, 4) is 0 Å². The molecular weight excluding hydrogens is 296 g/mol. The summed E-state index contributed by atoms with van der Waals surface area (Å²) in [5.74, 6) is 0.0948. The first-order valence-electron chi connectivity index (χ1n) is 7.72. The second-order valence-corrected chi connectivity index (χ2v) is 7.01. The Kier molecular flexibility index (Phi) is 4.36. The van der Waals surface area contributed by atoms with Crippen LogP contribution in [0, 0.1) is 13.8 Å². The minimum Gasteiger partial charge on any atom is -0.393 e. The van der Waals surface area contributed by atoms with Crippen molar-refractivity contribution in [3.05, 3.63) is 45.4 Å². The molecule has 0 saturated carbocycles. The van der Waals surface area contributed by atoms with Crippen LogP contribution in [0.3, 0.4) is 0 Å². The van der Waals surface area contributed by atoms with Gasteiger partial charge in [-0.1, -0.05) is 6.07 Å². The number of carbonyl (C=O) groups excluding carboxylic acids is 1.